The predicted molar refractivity (Wildman–Crippen MR) is 111 cm³/mol. The van der Waals surface area contributed by atoms with Crippen LogP contribution in [0.3, 0.4) is 0 Å². The first-order chi connectivity index (χ1) is 14.1. The molecule has 154 valence electrons. The minimum Gasteiger partial charge on any atom is -0.511 e. The Bertz CT molecular complexity index is 802. The van der Waals surface area contributed by atoms with E-state index < -0.39 is 0 Å². The molecule has 2 aliphatic rings. The molecule has 1 fully saturated rings. The van der Waals surface area contributed by atoms with Crippen LogP contribution < -0.4 is 0 Å². The number of nitrogens with zero attached hydrogens (tertiary/aromatic N) is 4. The summed E-state index contributed by atoms with van der Waals surface area (Å²) in [6, 6.07) is 9.26. The average Bonchev–Trinajstić information content (AvgIpc) is 2.74. The van der Waals surface area contributed by atoms with Gasteiger partial charge in [-0.2, -0.15) is 5.26 Å². The number of hydrogen-bond acceptors (Lipinski definition) is 7. The molecule has 1 aliphatic heterocycles. The second kappa shape index (κ2) is 10.3. The van der Waals surface area contributed by atoms with Crippen molar-refractivity contribution in [3.05, 3.63) is 46.7 Å². The fraction of sp³-hybridized carbons (Fsp3) is 0.500. The molecular weight excluding hydrogens is 368 g/mol. The van der Waals surface area contributed by atoms with Crippen LogP contribution in [-0.2, 0) is 4.79 Å². The van der Waals surface area contributed by atoms with Gasteiger partial charge >= 0.3 is 0 Å². The fourth-order valence-electron chi connectivity index (χ4n) is 3.86. The number of carbonyl (C=O) groups excluding carboxylic acids is 1. The first-order valence-electron chi connectivity index (χ1n) is 10.1. The number of carbonyl (C=O) groups is 1. The van der Waals surface area contributed by atoms with Crippen LogP contribution in [0.4, 0.5) is 0 Å². The maximum Gasteiger partial charge on any atom is 0.168 e. The highest BCUT2D eigenvalue weighted by atomic mass is 16.3. The minimum atomic E-state index is -0.0931. The van der Waals surface area contributed by atoms with E-state index in [2.05, 4.69) is 20.9 Å². The van der Waals surface area contributed by atoms with Gasteiger partial charge in [-0.15, -0.1) is 0 Å². The Hall–Kier alpha value is -2.53. The molecule has 7 nitrogen and oxygen atoms in total. The van der Waals surface area contributed by atoms with Gasteiger partial charge in [0.05, 0.1) is 30.4 Å². The molecule has 0 spiro atoms. The van der Waals surface area contributed by atoms with Gasteiger partial charge in [0, 0.05) is 58.3 Å². The highest BCUT2D eigenvalue weighted by Crippen LogP contribution is 2.33. The van der Waals surface area contributed by atoms with E-state index in [1.807, 2.05) is 12.1 Å². The van der Waals surface area contributed by atoms with Crippen LogP contribution >= 0.6 is 0 Å². The number of aliphatic hydroxyl groups is 2. The largest absolute Gasteiger partial charge is 0.511 e. The number of rotatable bonds is 7. The van der Waals surface area contributed by atoms with Crippen LogP contribution in [0.25, 0.3) is 0 Å². The van der Waals surface area contributed by atoms with Crippen molar-refractivity contribution in [3.8, 4) is 6.07 Å². The molecule has 0 saturated carbocycles. The highest BCUT2D eigenvalue weighted by Gasteiger charge is 2.27. The lowest BCUT2D eigenvalue weighted by Gasteiger charge is -2.33. The molecule has 1 aromatic rings. The van der Waals surface area contributed by atoms with Crippen LogP contribution in [-0.4, -0.2) is 84.4 Å². The molecule has 29 heavy (non-hydrogen) atoms. The zero-order valence-electron chi connectivity index (χ0n) is 16.6. The number of aliphatic hydroxyl groups excluding tert-OH is 2. The molecule has 0 radical (unpaired) electrons. The number of β-amino-alcohol motifs (C(OH)–C–C–N with tert-alkyl or cyclic N) is 1. The number of allylic oxidation sites excluding steroid dienone is 2. The summed E-state index contributed by atoms with van der Waals surface area (Å²) in [4.78, 5) is 21.4. The number of hydrogen-bond donors (Lipinski definition) is 2. The van der Waals surface area contributed by atoms with Crippen LogP contribution in [0.5, 0.6) is 0 Å². The lowest BCUT2D eigenvalue weighted by molar-refractivity contribution is -0.116. The smallest absolute Gasteiger partial charge is 0.168 e. The van der Waals surface area contributed by atoms with Gasteiger partial charge in [0.25, 0.3) is 0 Å². The van der Waals surface area contributed by atoms with Crippen molar-refractivity contribution in [1.29, 1.82) is 5.26 Å². The average molecular weight is 396 g/mol. The molecule has 3 rings (SSSR count). The number of nitriles is 1. The Morgan fingerprint density at radius 1 is 1.10 bits per heavy atom. The summed E-state index contributed by atoms with van der Waals surface area (Å²) >= 11 is 0. The molecule has 2 N–H and O–H groups in total. The quantitative estimate of drug-likeness (QED) is 0.678. The van der Waals surface area contributed by atoms with Crippen molar-refractivity contribution >= 4 is 12.0 Å². The third-order valence-corrected chi connectivity index (χ3v) is 5.64. The summed E-state index contributed by atoms with van der Waals surface area (Å²) in [7, 11) is 0. The summed E-state index contributed by atoms with van der Waals surface area (Å²) in [5.74, 6) is -0.0657. The highest BCUT2D eigenvalue weighted by molar-refractivity contribution is 6.14. The Morgan fingerprint density at radius 3 is 2.34 bits per heavy atom. The molecule has 0 amide bonds. The van der Waals surface area contributed by atoms with E-state index in [0.29, 0.717) is 30.5 Å². The first-order valence-corrected chi connectivity index (χ1v) is 10.1. The summed E-state index contributed by atoms with van der Waals surface area (Å²) < 4.78 is 0. The maximum atomic E-state index is 12.5. The molecule has 0 bridgehead atoms. The zero-order chi connectivity index (χ0) is 20.6. The van der Waals surface area contributed by atoms with Crippen LogP contribution in [0, 0.1) is 11.3 Å². The van der Waals surface area contributed by atoms with Crippen LogP contribution in [0.2, 0.25) is 0 Å². The standard InChI is InChI=1S/C22H28N4O3/c23-15-17-1-3-18(4-2-17)19-13-21(28)20(22(29)14-19)16-24-5-6-25-7-9-26(10-8-25)11-12-27/h1-4,16,19,27-28H,5-14H2. The topological polar surface area (TPSA) is 100 Å². The van der Waals surface area contributed by atoms with E-state index in [9.17, 15) is 9.90 Å². The number of ketones is 1. The molecule has 0 aromatic heterocycles. The van der Waals surface area contributed by atoms with Crippen molar-refractivity contribution in [2.45, 2.75) is 18.8 Å². The van der Waals surface area contributed by atoms with E-state index >= 15 is 0 Å². The zero-order valence-corrected chi connectivity index (χ0v) is 16.6. The number of benzene rings is 1. The van der Waals surface area contributed by atoms with E-state index in [-0.39, 0.29) is 24.1 Å². The molecule has 1 atom stereocenters. The SMILES string of the molecule is N#Cc1ccc(C2CC(=O)C(C=NCCN3CCN(CCO)CC3)=C(O)C2)cc1. The minimum absolute atomic E-state index is 0.0670. The van der Waals surface area contributed by atoms with Gasteiger partial charge in [0.2, 0.25) is 0 Å². The Labute approximate surface area is 171 Å². The lowest BCUT2D eigenvalue weighted by Crippen LogP contribution is -2.47. The van der Waals surface area contributed by atoms with Gasteiger partial charge in [-0.1, -0.05) is 12.1 Å². The molecule has 1 aliphatic carbocycles. The molecule has 1 aromatic carbocycles. The monoisotopic (exact) mass is 396 g/mol. The number of aliphatic imine (C=N–C) groups is 1. The summed E-state index contributed by atoms with van der Waals surface area (Å²) in [6.45, 7) is 6.14. The van der Waals surface area contributed by atoms with Crippen LogP contribution in [0.15, 0.2) is 40.6 Å². The van der Waals surface area contributed by atoms with Crippen molar-refractivity contribution in [2.24, 2.45) is 4.99 Å². The summed E-state index contributed by atoms with van der Waals surface area (Å²) in [5, 5.41) is 28.3. The van der Waals surface area contributed by atoms with Gasteiger partial charge < -0.3 is 10.2 Å². The normalized spacial score (nSPS) is 21.7. The molecule has 1 heterocycles. The van der Waals surface area contributed by atoms with Crippen LogP contribution in [0.1, 0.15) is 29.9 Å². The second-order valence-electron chi connectivity index (χ2n) is 7.56. The predicted octanol–water partition coefficient (Wildman–Crippen LogP) is 1.50. The summed E-state index contributed by atoms with van der Waals surface area (Å²) in [6.07, 6.45) is 2.27. The Morgan fingerprint density at radius 2 is 1.76 bits per heavy atom. The van der Waals surface area contributed by atoms with Gasteiger partial charge in [0.15, 0.2) is 5.78 Å². The molecule has 7 heteroatoms. The Balaban J connectivity index is 1.50. The number of piperazine rings is 1. The van der Waals surface area contributed by atoms with E-state index in [1.54, 1.807) is 12.1 Å². The Kier molecular flexibility index (Phi) is 7.53. The summed E-state index contributed by atoms with van der Waals surface area (Å²) in [5.41, 5.74) is 1.86. The van der Waals surface area contributed by atoms with Crippen molar-refractivity contribution in [1.82, 2.24) is 9.80 Å². The van der Waals surface area contributed by atoms with Crippen molar-refractivity contribution in [3.63, 3.8) is 0 Å². The first kappa shape index (κ1) is 21.2. The van der Waals surface area contributed by atoms with Gasteiger partial charge in [-0.25, -0.2) is 0 Å². The molecule has 1 unspecified atom stereocenters. The van der Waals surface area contributed by atoms with Gasteiger partial charge in [-0.05, 0) is 23.6 Å². The number of Topliss-reactive ketones (excluding diaryl/α,β-unsaturated/α-hetero) is 1. The van der Waals surface area contributed by atoms with E-state index in [0.717, 1.165) is 44.8 Å². The lowest BCUT2D eigenvalue weighted by atomic mass is 9.83. The van der Waals surface area contributed by atoms with Gasteiger partial charge in [0.1, 0.15) is 5.76 Å². The van der Waals surface area contributed by atoms with Crippen molar-refractivity contribution < 1.29 is 15.0 Å². The van der Waals surface area contributed by atoms with Crippen molar-refractivity contribution in [2.75, 3.05) is 52.4 Å². The molecular formula is C22H28N4O3. The molecule has 1 saturated heterocycles. The van der Waals surface area contributed by atoms with Gasteiger partial charge in [-0.3, -0.25) is 19.6 Å². The third kappa shape index (κ3) is 5.73. The maximum absolute atomic E-state index is 12.5. The second-order valence-corrected chi connectivity index (χ2v) is 7.56. The fourth-order valence-corrected chi connectivity index (χ4v) is 3.86. The van der Waals surface area contributed by atoms with E-state index in [1.165, 1.54) is 6.21 Å². The third-order valence-electron chi connectivity index (χ3n) is 5.64. The van der Waals surface area contributed by atoms with E-state index in [4.69, 9.17) is 10.4 Å².